The minimum absolute atomic E-state index is 0.285. The molecule has 1 N–H and O–H groups in total. The van der Waals surface area contributed by atoms with Gasteiger partial charge in [0.2, 0.25) is 0 Å². The van der Waals surface area contributed by atoms with E-state index in [0.29, 0.717) is 5.89 Å². The van der Waals surface area contributed by atoms with E-state index in [-0.39, 0.29) is 5.82 Å². The first-order valence-corrected chi connectivity index (χ1v) is 4.62. The molecule has 15 heavy (non-hydrogen) atoms. The van der Waals surface area contributed by atoms with Gasteiger partial charge in [0.25, 0.3) is 5.89 Å². The monoisotopic (exact) mass is 205 g/mol. The van der Waals surface area contributed by atoms with Gasteiger partial charge in [-0.05, 0) is 26.0 Å². The van der Waals surface area contributed by atoms with Gasteiger partial charge in [-0.2, -0.15) is 4.98 Å². The van der Waals surface area contributed by atoms with E-state index in [9.17, 15) is 5.11 Å². The summed E-state index contributed by atoms with van der Waals surface area (Å²) in [4.78, 5) is 8.19. The van der Waals surface area contributed by atoms with Crippen molar-refractivity contribution in [3.05, 3.63) is 29.8 Å². The van der Waals surface area contributed by atoms with Gasteiger partial charge in [-0.25, -0.2) is 0 Å². The van der Waals surface area contributed by atoms with E-state index in [1.807, 2.05) is 13.0 Å². The lowest BCUT2D eigenvalue weighted by Crippen LogP contribution is -1.93. The summed E-state index contributed by atoms with van der Waals surface area (Å²) in [6.45, 7) is 3.45. The van der Waals surface area contributed by atoms with Gasteiger partial charge in [0, 0.05) is 11.9 Å². The number of aliphatic hydroxyl groups excluding tert-OH is 1. The Morgan fingerprint density at radius 2 is 2.27 bits per heavy atom. The van der Waals surface area contributed by atoms with Crippen LogP contribution in [0.3, 0.4) is 0 Å². The Morgan fingerprint density at radius 3 is 2.87 bits per heavy atom. The minimum Gasteiger partial charge on any atom is -0.385 e. The van der Waals surface area contributed by atoms with Crippen LogP contribution in [0.2, 0.25) is 0 Å². The van der Waals surface area contributed by atoms with E-state index >= 15 is 0 Å². The first-order valence-electron chi connectivity index (χ1n) is 4.62. The third-order valence-corrected chi connectivity index (χ3v) is 2.05. The second-order valence-corrected chi connectivity index (χ2v) is 3.27. The summed E-state index contributed by atoms with van der Waals surface area (Å²) >= 11 is 0. The zero-order valence-corrected chi connectivity index (χ0v) is 8.51. The fraction of sp³-hybridized carbons (Fsp3) is 0.300. The Labute approximate surface area is 86.8 Å². The van der Waals surface area contributed by atoms with E-state index < -0.39 is 6.10 Å². The molecule has 2 aromatic heterocycles. The SMILES string of the molecule is Cc1ncccc1-c1nc(C(C)O)no1. The Hall–Kier alpha value is -1.75. The van der Waals surface area contributed by atoms with Gasteiger partial charge in [-0.3, -0.25) is 4.98 Å². The molecule has 0 fully saturated rings. The molecular weight excluding hydrogens is 194 g/mol. The molecule has 2 rings (SSSR count). The van der Waals surface area contributed by atoms with Crippen molar-refractivity contribution in [2.75, 3.05) is 0 Å². The number of pyridine rings is 1. The molecule has 5 heteroatoms. The third-order valence-electron chi connectivity index (χ3n) is 2.05. The smallest absolute Gasteiger partial charge is 0.259 e. The van der Waals surface area contributed by atoms with E-state index in [1.165, 1.54) is 0 Å². The first kappa shape index (κ1) is 9.79. The average Bonchev–Trinajstić information content (AvgIpc) is 2.67. The second kappa shape index (κ2) is 3.78. The molecule has 78 valence electrons. The van der Waals surface area contributed by atoms with Crippen LogP contribution in [0.1, 0.15) is 24.5 Å². The van der Waals surface area contributed by atoms with E-state index in [0.717, 1.165) is 11.3 Å². The normalized spacial score (nSPS) is 12.7. The third kappa shape index (κ3) is 1.87. The van der Waals surface area contributed by atoms with E-state index in [1.54, 1.807) is 19.2 Å². The number of rotatable bonds is 2. The van der Waals surface area contributed by atoms with Crippen LogP contribution < -0.4 is 0 Å². The number of hydrogen-bond acceptors (Lipinski definition) is 5. The predicted molar refractivity (Wildman–Crippen MR) is 52.9 cm³/mol. The minimum atomic E-state index is -0.723. The van der Waals surface area contributed by atoms with Crippen molar-refractivity contribution in [1.29, 1.82) is 0 Å². The molecule has 0 aliphatic rings. The zero-order chi connectivity index (χ0) is 10.8. The molecule has 0 bridgehead atoms. The van der Waals surface area contributed by atoms with Crippen LogP contribution in [0.25, 0.3) is 11.5 Å². The number of aromatic nitrogens is 3. The van der Waals surface area contributed by atoms with Crippen LogP contribution in [0, 0.1) is 6.92 Å². The van der Waals surface area contributed by atoms with Gasteiger partial charge in [0.1, 0.15) is 6.10 Å². The molecule has 0 saturated heterocycles. The van der Waals surface area contributed by atoms with Gasteiger partial charge < -0.3 is 9.63 Å². The highest BCUT2D eigenvalue weighted by atomic mass is 16.5. The van der Waals surface area contributed by atoms with Crippen LogP contribution in [-0.4, -0.2) is 20.2 Å². The summed E-state index contributed by atoms with van der Waals surface area (Å²) in [7, 11) is 0. The van der Waals surface area contributed by atoms with E-state index in [2.05, 4.69) is 15.1 Å². The lowest BCUT2D eigenvalue weighted by atomic mass is 10.2. The van der Waals surface area contributed by atoms with Gasteiger partial charge >= 0.3 is 0 Å². The molecule has 0 spiro atoms. The quantitative estimate of drug-likeness (QED) is 0.804. The maximum atomic E-state index is 9.25. The summed E-state index contributed by atoms with van der Waals surface area (Å²) in [5, 5.41) is 12.9. The molecule has 0 aromatic carbocycles. The summed E-state index contributed by atoms with van der Waals surface area (Å²) < 4.78 is 5.03. The molecule has 5 nitrogen and oxygen atoms in total. The van der Waals surface area contributed by atoms with Crippen molar-refractivity contribution in [2.45, 2.75) is 20.0 Å². The Morgan fingerprint density at radius 1 is 1.47 bits per heavy atom. The summed E-state index contributed by atoms with van der Waals surface area (Å²) in [6.07, 6.45) is 0.976. The van der Waals surface area contributed by atoms with Crippen LogP contribution in [0.4, 0.5) is 0 Å². The fourth-order valence-electron chi connectivity index (χ4n) is 1.22. The first-order chi connectivity index (χ1) is 7.18. The highest BCUT2D eigenvalue weighted by Crippen LogP contribution is 2.20. The lowest BCUT2D eigenvalue weighted by molar-refractivity contribution is 0.184. The highest BCUT2D eigenvalue weighted by Gasteiger charge is 2.13. The molecule has 0 radical (unpaired) electrons. The number of hydrogen-bond donors (Lipinski definition) is 1. The molecule has 2 heterocycles. The Kier molecular flexibility index (Phi) is 2.47. The van der Waals surface area contributed by atoms with Gasteiger partial charge in [-0.1, -0.05) is 5.16 Å². The highest BCUT2D eigenvalue weighted by molar-refractivity contribution is 5.55. The van der Waals surface area contributed by atoms with Crippen LogP contribution in [0.15, 0.2) is 22.9 Å². The standard InChI is InChI=1S/C10H11N3O2/c1-6-8(4-3-5-11-6)10-12-9(7(2)14)13-15-10/h3-5,7,14H,1-2H3. The summed E-state index contributed by atoms with van der Waals surface area (Å²) in [5.74, 6) is 0.671. The van der Waals surface area contributed by atoms with E-state index in [4.69, 9.17) is 4.52 Å². The van der Waals surface area contributed by atoms with Crippen molar-refractivity contribution < 1.29 is 9.63 Å². The van der Waals surface area contributed by atoms with Gasteiger partial charge in [-0.15, -0.1) is 0 Å². The predicted octanol–water partition coefficient (Wildman–Crippen LogP) is 1.49. The molecule has 0 aliphatic carbocycles. The molecule has 1 atom stereocenters. The number of aliphatic hydroxyl groups is 1. The number of nitrogens with zero attached hydrogens (tertiary/aromatic N) is 3. The van der Waals surface area contributed by atoms with Crippen LogP contribution >= 0.6 is 0 Å². The molecular formula is C10H11N3O2. The largest absolute Gasteiger partial charge is 0.385 e. The second-order valence-electron chi connectivity index (χ2n) is 3.27. The van der Waals surface area contributed by atoms with Gasteiger partial charge in [0.15, 0.2) is 5.82 Å². The van der Waals surface area contributed by atoms with Crippen molar-refractivity contribution in [2.24, 2.45) is 0 Å². The molecule has 1 unspecified atom stereocenters. The number of aryl methyl sites for hydroxylation is 1. The summed E-state index contributed by atoms with van der Waals surface area (Å²) in [6, 6.07) is 3.65. The average molecular weight is 205 g/mol. The topological polar surface area (TPSA) is 72.0 Å². The van der Waals surface area contributed by atoms with Crippen molar-refractivity contribution >= 4 is 0 Å². The van der Waals surface area contributed by atoms with Gasteiger partial charge in [0.05, 0.1) is 5.56 Å². The van der Waals surface area contributed by atoms with Crippen molar-refractivity contribution in [3.8, 4) is 11.5 Å². The molecule has 0 amide bonds. The Bertz CT molecular complexity index is 465. The van der Waals surface area contributed by atoms with Crippen LogP contribution in [0.5, 0.6) is 0 Å². The van der Waals surface area contributed by atoms with Crippen LogP contribution in [-0.2, 0) is 0 Å². The lowest BCUT2D eigenvalue weighted by Gasteiger charge is -1.97. The Balaban J connectivity index is 2.42. The maximum absolute atomic E-state index is 9.25. The maximum Gasteiger partial charge on any atom is 0.259 e. The molecule has 0 saturated carbocycles. The molecule has 2 aromatic rings. The van der Waals surface area contributed by atoms with Crippen molar-refractivity contribution in [3.63, 3.8) is 0 Å². The summed E-state index contributed by atoms with van der Waals surface area (Å²) in [5.41, 5.74) is 1.61. The zero-order valence-electron chi connectivity index (χ0n) is 8.51. The molecule has 0 aliphatic heterocycles. The fourth-order valence-corrected chi connectivity index (χ4v) is 1.22. The van der Waals surface area contributed by atoms with Crippen molar-refractivity contribution in [1.82, 2.24) is 15.1 Å².